The third-order valence-corrected chi connectivity index (χ3v) is 4.73. The van der Waals surface area contributed by atoms with Crippen molar-refractivity contribution in [3.8, 4) is 0 Å². The fourth-order valence-corrected chi connectivity index (χ4v) is 3.17. The van der Waals surface area contributed by atoms with Crippen molar-refractivity contribution < 1.29 is 23.6 Å². The van der Waals surface area contributed by atoms with Crippen LogP contribution in [0.25, 0.3) is 0 Å². The molecule has 0 atom stereocenters. The first-order valence-electron chi connectivity index (χ1n) is 10.2. The molecule has 3 rings (SSSR count). The lowest BCUT2D eigenvalue weighted by molar-refractivity contribution is 0.0512. The molecule has 1 aromatic heterocycles. The van der Waals surface area contributed by atoms with Gasteiger partial charge in [0.15, 0.2) is 0 Å². The smallest absolute Gasteiger partial charge is 0.407 e. The molecule has 0 spiro atoms. The molecule has 0 radical (unpaired) electrons. The van der Waals surface area contributed by atoms with Crippen LogP contribution < -0.4 is 5.32 Å². The van der Waals surface area contributed by atoms with Gasteiger partial charge in [0.2, 0.25) is 5.76 Å². The van der Waals surface area contributed by atoms with Crippen molar-refractivity contribution in [3.63, 3.8) is 0 Å². The molecule has 0 saturated carbocycles. The molecule has 2 aromatic rings. The number of aromatic nitrogens is 1. The number of aryl methyl sites for hydroxylation is 1. The summed E-state index contributed by atoms with van der Waals surface area (Å²) in [6.45, 7) is 9.23. The number of carbonyl (C=O) groups is 3. The van der Waals surface area contributed by atoms with Crippen molar-refractivity contribution in [2.45, 2.75) is 39.8 Å². The largest absolute Gasteiger partial charge is 0.444 e. The zero-order valence-corrected chi connectivity index (χ0v) is 18.3. The summed E-state index contributed by atoms with van der Waals surface area (Å²) >= 11 is 0. The number of carbonyl (C=O) groups excluding carboxylic acids is 3. The van der Waals surface area contributed by atoms with Crippen molar-refractivity contribution in [1.82, 2.24) is 20.3 Å². The van der Waals surface area contributed by atoms with Crippen LogP contribution in [-0.4, -0.2) is 64.6 Å². The maximum atomic E-state index is 12.8. The van der Waals surface area contributed by atoms with Crippen LogP contribution in [0.3, 0.4) is 0 Å². The number of benzene rings is 1. The monoisotopic (exact) mass is 428 g/mol. The Kier molecular flexibility index (Phi) is 6.62. The fraction of sp³-hybridized carbons (Fsp3) is 0.455. The molecule has 31 heavy (non-hydrogen) atoms. The zero-order valence-electron chi connectivity index (χ0n) is 18.3. The highest BCUT2D eigenvalue weighted by molar-refractivity contribution is 5.95. The molecule has 3 amide bonds. The molecular formula is C22H28N4O5. The third kappa shape index (κ3) is 6.07. The second kappa shape index (κ2) is 9.20. The van der Waals surface area contributed by atoms with Crippen LogP contribution in [0.15, 0.2) is 34.9 Å². The number of piperazine rings is 1. The van der Waals surface area contributed by atoms with E-state index in [4.69, 9.17) is 9.26 Å². The molecule has 0 bridgehead atoms. The molecule has 9 nitrogen and oxygen atoms in total. The van der Waals surface area contributed by atoms with E-state index in [1.54, 1.807) is 67.8 Å². The molecule has 166 valence electrons. The van der Waals surface area contributed by atoms with Gasteiger partial charge in [-0.25, -0.2) is 4.79 Å². The second-order valence-electron chi connectivity index (χ2n) is 8.47. The Morgan fingerprint density at radius 1 is 1.03 bits per heavy atom. The van der Waals surface area contributed by atoms with E-state index in [0.717, 1.165) is 5.56 Å². The first-order chi connectivity index (χ1) is 14.6. The second-order valence-corrected chi connectivity index (χ2v) is 8.47. The maximum absolute atomic E-state index is 12.8. The zero-order chi connectivity index (χ0) is 22.6. The summed E-state index contributed by atoms with van der Waals surface area (Å²) in [6.07, 6.45) is -0.486. The van der Waals surface area contributed by atoms with E-state index in [0.29, 0.717) is 44.0 Å². The van der Waals surface area contributed by atoms with E-state index in [9.17, 15) is 14.4 Å². The van der Waals surface area contributed by atoms with Crippen molar-refractivity contribution in [3.05, 3.63) is 52.9 Å². The number of nitrogens with one attached hydrogen (secondary N) is 1. The van der Waals surface area contributed by atoms with Gasteiger partial charge in [-0.3, -0.25) is 9.59 Å². The Morgan fingerprint density at radius 2 is 1.61 bits per heavy atom. The van der Waals surface area contributed by atoms with Crippen LogP contribution in [0.4, 0.5) is 4.79 Å². The summed E-state index contributed by atoms with van der Waals surface area (Å²) in [5.41, 5.74) is 1.52. The molecular weight excluding hydrogens is 400 g/mol. The molecule has 1 fully saturated rings. The van der Waals surface area contributed by atoms with Gasteiger partial charge in [0.1, 0.15) is 5.60 Å². The van der Waals surface area contributed by atoms with Gasteiger partial charge in [0, 0.05) is 44.4 Å². The van der Waals surface area contributed by atoms with E-state index in [1.165, 1.54) is 0 Å². The van der Waals surface area contributed by atoms with Crippen LogP contribution >= 0.6 is 0 Å². The van der Waals surface area contributed by atoms with Crippen molar-refractivity contribution in [2.24, 2.45) is 0 Å². The molecule has 1 saturated heterocycles. The maximum Gasteiger partial charge on any atom is 0.407 e. The molecule has 2 heterocycles. The lowest BCUT2D eigenvalue weighted by atomic mass is 10.1. The van der Waals surface area contributed by atoms with Crippen molar-refractivity contribution >= 4 is 17.9 Å². The Labute approximate surface area is 181 Å². The standard InChI is InChI=1S/C22H28N4O5/c1-15-13-18(31-24-15)20(28)26-11-9-25(10-12-26)19(27)17-7-5-16(6-8-17)14-23-21(29)30-22(2,3)4/h5-8,13H,9-12,14H2,1-4H3,(H,23,29). The minimum absolute atomic E-state index is 0.0886. The molecule has 1 N–H and O–H groups in total. The van der Waals surface area contributed by atoms with E-state index >= 15 is 0 Å². The quantitative estimate of drug-likeness (QED) is 0.803. The number of ether oxygens (including phenoxy) is 1. The lowest BCUT2D eigenvalue weighted by Crippen LogP contribution is -2.50. The summed E-state index contributed by atoms with van der Waals surface area (Å²) in [5.74, 6) is -0.0864. The summed E-state index contributed by atoms with van der Waals surface area (Å²) in [7, 11) is 0. The molecule has 0 unspecified atom stereocenters. The van der Waals surface area contributed by atoms with Crippen LogP contribution in [0.2, 0.25) is 0 Å². The summed E-state index contributed by atoms with van der Waals surface area (Å²) in [6, 6.07) is 8.69. The lowest BCUT2D eigenvalue weighted by Gasteiger charge is -2.34. The van der Waals surface area contributed by atoms with Crippen LogP contribution in [0, 0.1) is 6.92 Å². The van der Waals surface area contributed by atoms with Crippen LogP contribution in [-0.2, 0) is 11.3 Å². The van der Waals surface area contributed by atoms with Crippen molar-refractivity contribution in [1.29, 1.82) is 0 Å². The van der Waals surface area contributed by atoms with E-state index in [2.05, 4.69) is 10.5 Å². The number of hydrogen-bond donors (Lipinski definition) is 1. The first kappa shape index (κ1) is 22.3. The highest BCUT2D eigenvalue weighted by Gasteiger charge is 2.27. The number of hydrogen-bond acceptors (Lipinski definition) is 6. The SMILES string of the molecule is Cc1cc(C(=O)N2CCN(C(=O)c3ccc(CNC(=O)OC(C)(C)C)cc3)CC2)on1. The van der Waals surface area contributed by atoms with Crippen LogP contribution in [0.5, 0.6) is 0 Å². The number of nitrogens with zero attached hydrogens (tertiary/aromatic N) is 3. The van der Waals surface area contributed by atoms with Gasteiger partial charge >= 0.3 is 6.09 Å². The normalized spacial score (nSPS) is 14.3. The van der Waals surface area contributed by atoms with Crippen molar-refractivity contribution in [2.75, 3.05) is 26.2 Å². The number of amides is 3. The highest BCUT2D eigenvalue weighted by atomic mass is 16.6. The van der Waals surface area contributed by atoms with Gasteiger partial charge in [-0.1, -0.05) is 17.3 Å². The van der Waals surface area contributed by atoms with E-state index < -0.39 is 11.7 Å². The third-order valence-electron chi connectivity index (χ3n) is 4.73. The minimum atomic E-state index is -0.553. The van der Waals surface area contributed by atoms with Gasteiger partial charge < -0.3 is 24.4 Å². The molecule has 1 aliphatic rings. The Hall–Kier alpha value is -3.36. The average Bonchev–Trinajstić information content (AvgIpc) is 3.17. The van der Waals surface area contributed by atoms with E-state index in [1.807, 2.05) is 0 Å². The van der Waals surface area contributed by atoms with Gasteiger partial charge in [0.05, 0.1) is 5.69 Å². The Morgan fingerprint density at radius 3 is 2.13 bits per heavy atom. The van der Waals surface area contributed by atoms with Gasteiger partial charge in [-0.2, -0.15) is 0 Å². The van der Waals surface area contributed by atoms with Gasteiger partial charge in [0.25, 0.3) is 11.8 Å². The minimum Gasteiger partial charge on any atom is -0.444 e. The summed E-state index contributed by atoms with van der Waals surface area (Å²) in [5, 5.41) is 6.44. The molecule has 0 aliphatic carbocycles. The van der Waals surface area contributed by atoms with Gasteiger partial charge in [-0.05, 0) is 45.4 Å². The van der Waals surface area contributed by atoms with E-state index in [-0.39, 0.29) is 17.6 Å². The summed E-state index contributed by atoms with van der Waals surface area (Å²) < 4.78 is 10.2. The highest BCUT2D eigenvalue weighted by Crippen LogP contribution is 2.14. The first-order valence-corrected chi connectivity index (χ1v) is 10.2. The Bertz CT molecular complexity index is 938. The average molecular weight is 428 g/mol. The summed E-state index contributed by atoms with van der Waals surface area (Å²) in [4.78, 5) is 40.4. The predicted molar refractivity (Wildman–Crippen MR) is 113 cm³/mol. The number of rotatable bonds is 4. The van der Waals surface area contributed by atoms with Gasteiger partial charge in [-0.15, -0.1) is 0 Å². The molecule has 9 heteroatoms. The topological polar surface area (TPSA) is 105 Å². The number of alkyl carbamates (subject to hydrolysis) is 1. The fourth-order valence-electron chi connectivity index (χ4n) is 3.17. The van der Waals surface area contributed by atoms with Crippen LogP contribution in [0.1, 0.15) is 52.9 Å². The molecule has 1 aromatic carbocycles. The Balaban J connectivity index is 1.49. The molecule has 1 aliphatic heterocycles. The predicted octanol–water partition coefficient (Wildman–Crippen LogP) is 2.61.